The van der Waals surface area contributed by atoms with Crippen LogP contribution in [0.4, 0.5) is 4.79 Å². The average molecular weight is 296 g/mol. The zero-order valence-corrected chi connectivity index (χ0v) is 12.8. The topological polar surface area (TPSA) is 78.4 Å². The van der Waals surface area contributed by atoms with Crippen LogP contribution in [-0.4, -0.2) is 30.2 Å². The molecule has 120 valence electrons. The van der Waals surface area contributed by atoms with Crippen molar-refractivity contribution in [2.75, 3.05) is 13.1 Å². The van der Waals surface area contributed by atoms with Gasteiger partial charge in [0.25, 0.3) is 0 Å². The number of carboxylic acids is 1. The smallest absolute Gasteiger partial charge is 0.314 e. The molecule has 0 atom stereocenters. The highest BCUT2D eigenvalue weighted by atomic mass is 16.4. The largest absolute Gasteiger partial charge is 0.481 e. The quantitative estimate of drug-likeness (QED) is 0.676. The second kappa shape index (κ2) is 7.66. The maximum atomic E-state index is 11.8. The monoisotopic (exact) mass is 296 g/mol. The van der Waals surface area contributed by atoms with E-state index in [1.165, 1.54) is 25.7 Å². The number of amides is 2. The Bertz CT molecular complexity index is 361. The molecule has 0 spiro atoms. The lowest BCUT2D eigenvalue weighted by Crippen LogP contribution is -2.44. The summed E-state index contributed by atoms with van der Waals surface area (Å²) in [6, 6.07) is -0.148. The summed E-state index contributed by atoms with van der Waals surface area (Å²) < 4.78 is 0. The molecule has 2 fully saturated rings. The zero-order valence-electron chi connectivity index (χ0n) is 12.8. The molecule has 3 N–H and O–H groups in total. The molecular formula is C16H28N2O3. The van der Waals surface area contributed by atoms with Crippen LogP contribution in [0.2, 0.25) is 0 Å². The molecule has 0 aromatic rings. The molecule has 2 saturated carbocycles. The third kappa shape index (κ3) is 5.21. The van der Waals surface area contributed by atoms with Crippen LogP contribution < -0.4 is 10.6 Å². The fraction of sp³-hybridized carbons (Fsp3) is 0.875. The van der Waals surface area contributed by atoms with Crippen LogP contribution in [0.5, 0.6) is 0 Å². The number of aliphatic carboxylic acids is 1. The molecule has 0 aliphatic heterocycles. The highest BCUT2D eigenvalue weighted by Gasteiger charge is 2.34. The van der Waals surface area contributed by atoms with Gasteiger partial charge >= 0.3 is 12.0 Å². The van der Waals surface area contributed by atoms with Gasteiger partial charge < -0.3 is 15.7 Å². The van der Waals surface area contributed by atoms with E-state index in [0.717, 1.165) is 44.6 Å². The SMILES string of the molecule is O=C(O)CC1(CNC(=O)NCCC2CCC2)CCCCC1. The van der Waals surface area contributed by atoms with Crippen molar-refractivity contribution in [3.05, 3.63) is 0 Å². The Hall–Kier alpha value is -1.26. The first-order valence-electron chi connectivity index (χ1n) is 8.33. The number of carbonyl (C=O) groups is 2. The van der Waals surface area contributed by atoms with Gasteiger partial charge in [0.1, 0.15) is 0 Å². The molecule has 2 amide bonds. The Balaban J connectivity index is 1.69. The van der Waals surface area contributed by atoms with Gasteiger partial charge in [0.2, 0.25) is 0 Å². The van der Waals surface area contributed by atoms with E-state index >= 15 is 0 Å². The minimum atomic E-state index is -0.760. The Morgan fingerprint density at radius 3 is 2.33 bits per heavy atom. The van der Waals surface area contributed by atoms with Gasteiger partial charge in [0, 0.05) is 13.1 Å². The lowest BCUT2D eigenvalue weighted by atomic mass is 9.72. The van der Waals surface area contributed by atoms with Crippen molar-refractivity contribution < 1.29 is 14.7 Å². The predicted octanol–water partition coefficient (Wildman–Crippen LogP) is 2.90. The highest BCUT2D eigenvalue weighted by Crippen LogP contribution is 2.38. The highest BCUT2D eigenvalue weighted by molar-refractivity contribution is 5.74. The van der Waals surface area contributed by atoms with Crippen LogP contribution in [0.15, 0.2) is 0 Å². The van der Waals surface area contributed by atoms with E-state index < -0.39 is 5.97 Å². The van der Waals surface area contributed by atoms with Crippen LogP contribution in [0.1, 0.15) is 64.2 Å². The Morgan fingerprint density at radius 2 is 1.76 bits per heavy atom. The summed E-state index contributed by atoms with van der Waals surface area (Å²) in [6.07, 6.45) is 10.3. The van der Waals surface area contributed by atoms with Crippen LogP contribution in [0, 0.1) is 11.3 Å². The molecule has 5 heteroatoms. The number of urea groups is 1. The van der Waals surface area contributed by atoms with E-state index in [2.05, 4.69) is 10.6 Å². The number of nitrogens with one attached hydrogen (secondary N) is 2. The van der Waals surface area contributed by atoms with Crippen LogP contribution in [0.3, 0.4) is 0 Å². The first-order valence-corrected chi connectivity index (χ1v) is 8.33. The lowest BCUT2D eigenvalue weighted by Gasteiger charge is -2.36. The second-order valence-corrected chi connectivity index (χ2v) is 6.83. The van der Waals surface area contributed by atoms with Crippen LogP contribution in [0.25, 0.3) is 0 Å². The average Bonchev–Trinajstić information content (AvgIpc) is 2.40. The van der Waals surface area contributed by atoms with Crippen molar-refractivity contribution in [3.63, 3.8) is 0 Å². The lowest BCUT2D eigenvalue weighted by molar-refractivity contribution is -0.140. The predicted molar refractivity (Wildman–Crippen MR) is 81.1 cm³/mol. The standard InChI is InChI=1S/C16H28N2O3/c19-14(20)11-16(8-2-1-3-9-16)12-18-15(21)17-10-7-13-5-4-6-13/h13H,1-12H2,(H,19,20)(H2,17,18,21). The molecule has 2 rings (SSSR count). The van der Waals surface area contributed by atoms with Gasteiger partial charge in [-0.05, 0) is 30.6 Å². The van der Waals surface area contributed by atoms with E-state index in [4.69, 9.17) is 5.11 Å². The molecule has 2 aliphatic carbocycles. The minimum Gasteiger partial charge on any atom is -0.481 e. The minimum absolute atomic E-state index is 0.148. The normalized spacial score (nSPS) is 21.3. The van der Waals surface area contributed by atoms with Crippen molar-refractivity contribution in [3.8, 4) is 0 Å². The van der Waals surface area contributed by atoms with Crippen molar-refractivity contribution in [1.82, 2.24) is 10.6 Å². The first-order chi connectivity index (χ1) is 10.1. The molecule has 0 saturated heterocycles. The van der Waals surface area contributed by atoms with E-state index in [-0.39, 0.29) is 17.9 Å². The number of rotatable bonds is 7. The third-order valence-corrected chi connectivity index (χ3v) is 5.13. The molecule has 0 bridgehead atoms. The van der Waals surface area contributed by atoms with Gasteiger partial charge in [-0.3, -0.25) is 4.79 Å². The molecular weight excluding hydrogens is 268 g/mol. The number of carbonyl (C=O) groups excluding carboxylic acids is 1. The maximum absolute atomic E-state index is 11.8. The van der Waals surface area contributed by atoms with Gasteiger partial charge in [0.05, 0.1) is 6.42 Å². The second-order valence-electron chi connectivity index (χ2n) is 6.83. The summed E-state index contributed by atoms with van der Waals surface area (Å²) in [6.45, 7) is 1.21. The van der Waals surface area contributed by atoms with Gasteiger partial charge in [-0.2, -0.15) is 0 Å². The van der Waals surface area contributed by atoms with E-state index in [9.17, 15) is 9.59 Å². The summed E-state index contributed by atoms with van der Waals surface area (Å²) in [7, 11) is 0. The van der Waals surface area contributed by atoms with Crippen LogP contribution in [-0.2, 0) is 4.79 Å². The fourth-order valence-corrected chi connectivity index (χ4v) is 3.54. The summed E-state index contributed by atoms with van der Waals surface area (Å²) in [4.78, 5) is 22.9. The van der Waals surface area contributed by atoms with Crippen molar-refractivity contribution >= 4 is 12.0 Å². The Kier molecular flexibility index (Phi) is 5.88. The summed E-state index contributed by atoms with van der Waals surface area (Å²) in [5.74, 6) is 0.0334. The molecule has 2 aliphatic rings. The summed E-state index contributed by atoms with van der Waals surface area (Å²) in [5.41, 5.74) is -0.241. The molecule has 0 aromatic heterocycles. The Labute approximate surface area is 126 Å². The molecule has 5 nitrogen and oxygen atoms in total. The zero-order chi connectivity index (χ0) is 15.1. The van der Waals surface area contributed by atoms with Crippen molar-refractivity contribution in [2.45, 2.75) is 64.2 Å². The molecule has 0 heterocycles. The third-order valence-electron chi connectivity index (χ3n) is 5.13. The molecule has 0 unspecified atom stereocenters. The van der Waals surface area contributed by atoms with Crippen molar-refractivity contribution in [2.24, 2.45) is 11.3 Å². The maximum Gasteiger partial charge on any atom is 0.314 e. The molecule has 21 heavy (non-hydrogen) atoms. The van der Waals surface area contributed by atoms with Gasteiger partial charge in [0.15, 0.2) is 0 Å². The summed E-state index contributed by atoms with van der Waals surface area (Å²) >= 11 is 0. The first kappa shape index (κ1) is 16.1. The van der Waals surface area contributed by atoms with Gasteiger partial charge in [-0.15, -0.1) is 0 Å². The number of hydrogen-bond donors (Lipinski definition) is 3. The molecule has 0 aromatic carbocycles. The van der Waals surface area contributed by atoms with Gasteiger partial charge in [-0.1, -0.05) is 38.5 Å². The van der Waals surface area contributed by atoms with E-state index in [1.807, 2.05) is 0 Å². The number of carboxylic acid groups (broad SMARTS) is 1. The number of hydrogen-bond acceptors (Lipinski definition) is 2. The fourth-order valence-electron chi connectivity index (χ4n) is 3.54. The van der Waals surface area contributed by atoms with Crippen LogP contribution >= 0.6 is 0 Å². The van der Waals surface area contributed by atoms with Crippen molar-refractivity contribution in [1.29, 1.82) is 0 Å². The molecule has 0 radical (unpaired) electrons. The summed E-state index contributed by atoms with van der Waals surface area (Å²) in [5, 5.41) is 14.9. The van der Waals surface area contributed by atoms with E-state index in [0.29, 0.717) is 6.54 Å². The Morgan fingerprint density at radius 1 is 1.05 bits per heavy atom. The van der Waals surface area contributed by atoms with Gasteiger partial charge in [-0.25, -0.2) is 4.79 Å². The van der Waals surface area contributed by atoms with E-state index in [1.54, 1.807) is 0 Å².